The van der Waals surface area contributed by atoms with Crippen molar-refractivity contribution >= 4 is 23.7 Å². The highest BCUT2D eigenvalue weighted by molar-refractivity contribution is 6.32. The largest absolute Gasteiger partial charge is 0.508 e. The van der Waals surface area contributed by atoms with Crippen molar-refractivity contribution in [3.05, 3.63) is 46.4 Å². The monoisotopic (exact) mass is 291 g/mol. The lowest BCUT2D eigenvalue weighted by Gasteiger charge is -2.09. The Morgan fingerprint density at radius 1 is 1.30 bits per heavy atom. The molecular formula is C14H14ClN3O2. The van der Waals surface area contributed by atoms with Crippen molar-refractivity contribution in [2.45, 2.75) is 13.3 Å². The van der Waals surface area contributed by atoms with Gasteiger partial charge in [-0.05, 0) is 31.0 Å². The van der Waals surface area contributed by atoms with Crippen molar-refractivity contribution in [1.82, 2.24) is 9.97 Å². The molecule has 0 bridgehead atoms. The molecule has 0 spiro atoms. The Hall–Kier alpha value is -2.14. The second-order valence-electron chi connectivity index (χ2n) is 4.28. The number of halogens is 1. The van der Waals surface area contributed by atoms with Gasteiger partial charge in [0, 0.05) is 6.54 Å². The maximum atomic E-state index is 11.0. The van der Waals surface area contributed by atoms with E-state index in [1.807, 2.05) is 12.1 Å². The molecule has 0 saturated heterocycles. The molecule has 5 nitrogen and oxygen atoms in total. The summed E-state index contributed by atoms with van der Waals surface area (Å²) in [6.07, 6.45) is 1.38. The fraction of sp³-hybridized carbons (Fsp3) is 0.214. The van der Waals surface area contributed by atoms with Crippen molar-refractivity contribution in [3.63, 3.8) is 0 Å². The van der Waals surface area contributed by atoms with E-state index in [9.17, 15) is 9.90 Å². The number of phenols is 1. The minimum atomic E-state index is 0.152. The van der Waals surface area contributed by atoms with E-state index in [0.717, 1.165) is 12.0 Å². The van der Waals surface area contributed by atoms with Gasteiger partial charge in [0.1, 0.15) is 22.5 Å². The van der Waals surface area contributed by atoms with Gasteiger partial charge >= 0.3 is 0 Å². The van der Waals surface area contributed by atoms with Gasteiger partial charge in [-0.3, -0.25) is 4.79 Å². The SMILES string of the molecule is Cc1nc(Cl)c(C=O)c(NCCc2ccc(O)cc2)n1. The Morgan fingerprint density at radius 3 is 2.65 bits per heavy atom. The number of aromatic nitrogens is 2. The van der Waals surface area contributed by atoms with Gasteiger partial charge in [-0.2, -0.15) is 0 Å². The first kappa shape index (κ1) is 14.3. The summed E-state index contributed by atoms with van der Waals surface area (Å²) in [6, 6.07) is 6.96. The second-order valence-corrected chi connectivity index (χ2v) is 4.64. The number of carbonyl (C=O) groups excluding carboxylic acids is 1. The maximum Gasteiger partial charge on any atom is 0.156 e. The molecule has 2 rings (SSSR count). The van der Waals surface area contributed by atoms with E-state index in [0.29, 0.717) is 24.5 Å². The highest BCUT2D eigenvalue weighted by Gasteiger charge is 2.10. The molecule has 0 fully saturated rings. The Kier molecular flexibility index (Phi) is 4.53. The maximum absolute atomic E-state index is 11.0. The van der Waals surface area contributed by atoms with Crippen LogP contribution in [-0.2, 0) is 6.42 Å². The highest BCUT2D eigenvalue weighted by Crippen LogP contribution is 2.19. The molecule has 0 atom stereocenters. The summed E-state index contributed by atoms with van der Waals surface area (Å²) in [6.45, 7) is 2.31. The van der Waals surface area contributed by atoms with E-state index in [4.69, 9.17) is 11.6 Å². The number of hydrogen-bond donors (Lipinski definition) is 2. The number of aryl methyl sites for hydroxylation is 1. The molecule has 1 aromatic carbocycles. The van der Waals surface area contributed by atoms with Gasteiger partial charge in [0.15, 0.2) is 6.29 Å². The normalized spacial score (nSPS) is 10.3. The van der Waals surface area contributed by atoms with E-state index in [-0.39, 0.29) is 16.5 Å². The van der Waals surface area contributed by atoms with Crippen molar-refractivity contribution in [2.24, 2.45) is 0 Å². The molecule has 1 aromatic heterocycles. The summed E-state index contributed by atoms with van der Waals surface area (Å²) in [7, 11) is 0. The molecule has 0 amide bonds. The Labute approximate surface area is 121 Å². The predicted octanol–water partition coefficient (Wildman–Crippen LogP) is 2.61. The summed E-state index contributed by atoms with van der Waals surface area (Å²) < 4.78 is 0. The Bertz CT molecular complexity index is 615. The number of carbonyl (C=O) groups is 1. The predicted molar refractivity (Wildman–Crippen MR) is 77.5 cm³/mol. The summed E-state index contributed by atoms with van der Waals surface area (Å²) in [5.74, 6) is 1.19. The first-order valence-corrected chi connectivity index (χ1v) is 6.49. The second kappa shape index (κ2) is 6.34. The molecule has 0 aliphatic carbocycles. The molecule has 20 heavy (non-hydrogen) atoms. The summed E-state index contributed by atoms with van der Waals surface area (Å²) in [4.78, 5) is 19.1. The van der Waals surface area contributed by atoms with E-state index in [2.05, 4.69) is 15.3 Å². The third-order valence-corrected chi connectivity index (χ3v) is 3.06. The van der Waals surface area contributed by atoms with Gasteiger partial charge in [-0.15, -0.1) is 0 Å². The summed E-state index contributed by atoms with van der Waals surface area (Å²) in [5.41, 5.74) is 1.34. The zero-order valence-corrected chi connectivity index (χ0v) is 11.7. The molecule has 2 aromatic rings. The Balaban J connectivity index is 2.04. The van der Waals surface area contributed by atoms with E-state index in [1.54, 1.807) is 19.1 Å². The zero-order valence-electron chi connectivity index (χ0n) is 10.9. The number of rotatable bonds is 5. The number of benzene rings is 1. The van der Waals surface area contributed by atoms with Crippen LogP contribution in [0.5, 0.6) is 5.75 Å². The molecule has 2 N–H and O–H groups in total. The molecule has 0 saturated carbocycles. The van der Waals surface area contributed by atoms with Gasteiger partial charge in [0.05, 0.1) is 5.56 Å². The zero-order chi connectivity index (χ0) is 14.5. The molecule has 104 valence electrons. The summed E-state index contributed by atoms with van der Waals surface area (Å²) in [5, 5.41) is 12.4. The number of aromatic hydroxyl groups is 1. The number of hydrogen-bond acceptors (Lipinski definition) is 5. The lowest BCUT2D eigenvalue weighted by atomic mass is 10.1. The molecule has 1 heterocycles. The Morgan fingerprint density at radius 2 is 2.00 bits per heavy atom. The number of phenolic OH excluding ortho intramolecular Hbond substituents is 1. The third kappa shape index (κ3) is 3.45. The quantitative estimate of drug-likeness (QED) is 0.654. The topological polar surface area (TPSA) is 75.1 Å². The minimum Gasteiger partial charge on any atom is -0.508 e. The van der Waals surface area contributed by atoms with Gasteiger partial charge in [-0.1, -0.05) is 23.7 Å². The molecule has 0 aliphatic heterocycles. The molecule has 0 aliphatic rings. The summed E-state index contributed by atoms with van der Waals surface area (Å²) >= 11 is 5.90. The fourth-order valence-corrected chi connectivity index (χ4v) is 2.03. The standard InChI is InChI=1S/C14H14ClN3O2/c1-9-17-13(15)12(8-19)14(18-9)16-7-6-10-2-4-11(20)5-3-10/h2-5,8,20H,6-7H2,1H3,(H,16,17,18). The third-order valence-electron chi connectivity index (χ3n) is 2.77. The molecule has 0 unspecified atom stereocenters. The van der Waals surface area contributed by atoms with Crippen LogP contribution in [0.4, 0.5) is 5.82 Å². The van der Waals surface area contributed by atoms with Crippen LogP contribution in [0.3, 0.4) is 0 Å². The first-order chi connectivity index (χ1) is 9.60. The van der Waals surface area contributed by atoms with Crippen LogP contribution in [0, 0.1) is 6.92 Å². The fourth-order valence-electron chi connectivity index (χ4n) is 1.77. The van der Waals surface area contributed by atoms with E-state index < -0.39 is 0 Å². The van der Waals surface area contributed by atoms with Gasteiger partial charge in [0.2, 0.25) is 0 Å². The van der Waals surface area contributed by atoms with Crippen LogP contribution in [0.25, 0.3) is 0 Å². The first-order valence-electron chi connectivity index (χ1n) is 6.11. The van der Waals surface area contributed by atoms with Crippen LogP contribution in [0.1, 0.15) is 21.7 Å². The van der Waals surface area contributed by atoms with Crippen LogP contribution in [0.2, 0.25) is 5.15 Å². The lowest BCUT2D eigenvalue weighted by Crippen LogP contribution is -2.10. The number of anilines is 1. The van der Waals surface area contributed by atoms with Crippen molar-refractivity contribution < 1.29 is 9.90 Å². The highest BCUT2D eigenvalue weighted by atomic mass is 35.5. The smallest absolute Gasteiger partial charge is 0.156 e. The van der Waals surface area contributed by atoms with Crippen LogP contribution < -0.4 is 5.32 Å². The average Bonchev–Trinajstić information content (AvgIpc) is 2.40. The number of nitrogens with zero attached hydrogens (tertiary/aromatic N) is 2. The van der Waals surface area contributed by atoms with Crippen molar-refractivity contribution in [2.75, 3.05) is 11.9 Å². The van der Waals surface area contributed by atoms with Gasteiger partial charge in [0.25, 0.3) is 0 Å². The van der Waals surface area contributed by atoms with Crippen molar-refractivity contribution in [1.29, 1.82) is 0 Å². The lowest BCUT2D eigenvalue weighted by molar-refractivity contribution is 0.112. The van der Waals surface area contributed by atoms with Gasteiger partial charge in [-0.25, -0.2) is 9.97 Å². The van der Waals surface area contributed by atoms with Gasteiger partial charge < -0.3 is 10.4 Å². The van der Waals surface area contributed by atoms with E-state index >= 15 is 0 Å². The van der Waals surface area contributed by atoms with Crippen LogP contribution >= 0.6 is 11.6 Å². The number of nitrogens with one attached hydrogen (secondary N) is 1. The average molecular weight is 292 g/mol. The minimum absolute atomic E-state index is 0.152. The molecule has 6 heteroatoms. The van der Waals surface area contributed by atoms with E-state index in [1.165, 1.54) is 0 Å². The van der Waals surface area contributed by atoms with Crippen LogP contribution in [0.15, 0.2) is 24.3 Å². The van der Waals surface area contributed by atoms with Crippen molar-refractivity contribution in [3.8, 4) is 5.75 Å². The number of aldehydes is 1. The molecule has 0 radical (unpaired) electrons. The van der Waals surface area contributed by atoms with Crippen LogP contribution in [-0.4, -0.2) is 27.9 Å². The molecular weight excluding hydrogens is 278 g/mol.